The number of nitrogens with two attached hydrogens (primary N) is 1. The van der Waals surface area contributed by atoms with E-state index in [0.717, 1.165) is 18.6 Å². The van der Waals surface area contributed by atoms with E-state index < -0.39 is 0 Å². The van der Waals surface area contributed by atoms with Gasteiger partial charge in [0, 0.05) is 31.6 Å². The van der Waals surface area contributed by atoms with E-state index in [4.69, 9.17) is 10.6 Å². The number of amides is 1. The van der Waals surface area contributed by atoms with Gasteiger partial charge in [0.1, 0.15) is 0 Å². The van der Waals surface area contributed by atoms with Crippen LogP contribution in [-0.4, -0.2) is 36.4 Å². The molecular formula is C8H15N3O2. The standard InChI is InChI=1S/C8H15N3O2/c1-2-13-8(12)11-5-3-7(10-9)4-6-11/h2-6,9H2,1H3. The second-order valence-electron chi connectivity index (χ2n) is 2.88. The first-order valence-corrected chi connectivity index (χ1v) is 4.45. The first-order chi connectivity index (χ1) is 6.27. The number of hydrazone groups is 1. The lowest BCUT2D eigenvalue weighted by molar-refractivity contribution is 0.107. The molecular weight excluding hydrogens is 170 g/mol. The minimum Gasteiger partial charge on any atom is -0.450 e. The Morgan fingerprint density at radius 3 is 2.69 bits per heavy atom. The molecule has 0 spiro atoms. The molecule has 13 heavy (non-hydrogen) atoms. The van der Waals surface area contributed by atoms with Gasteiger partial charge in [-0.2, -0.15) is 5.10 Å². The van der Waals surface area contributed by atoms with Crippen molar-refractivity contribution in [1.29, 1.82) is 0 Å². The average molecular weight is 185 g/mol. The number of hydrogen-bond acceptors (Lipinski definition) is 4. The number of hydrogen-bond donors (Lipinski definition) is 1. The third-order valence-corrected chi connectivity index (χ3v) is 2.05. The Hall–Kier alpha value is -1.26. The maximum atomic E-state index is 11.2. The van der Waals surface area contributed by atoms with E-state index in [1.807, 2.05) is 0 Å². The van der Waals surface area contributed by atoms with Crippen molar-refractivity contribution in [1.82, 2.24) is 4.90 Å². The molecule has 1 fully saturated rings. The Kier molecular flexibility index (Phi) is 3.54. The third kappa shape index (κ3) is 2.61. The molecule has 0 bridgehead atoms. The van der Waals surface area contributed by atoms with Gasteiger partial charge in [0.05, 0.1) is 6.61 Å². The molecule has 0 unspecified atom stereocenters. The monoisotopic (exact) mass is 185 g/mol. The summed E-state index contributed by atoms with van der Waals surface area (Å²) in [4.78, 5) is 12.9. The highest BCUT2D eigenvalue weighted by Gasteiger charge is 2.20. The van der Waals surface area contributed by atoms with Gasteiger partial charge in [-0.1, -0.05) is 0 Å². The van der Waals surface area contributed by atoms with Crippen LogP contribution in [-0.2, 0) is 4.74 Å². The van der Waals surface area contributed by atoms with Crippen molar-refractivity contribution < 1.29 is 9.53 Å². The summed E-state index contributed by atoms with van der Waals surface area (Å²) in [6.07, 6.45) is 1.28. The summed E-state index contributed by atoms with van der Waals surface area (Å²) in [6.45, 7) is 3.55. The van der Waals surface area contributed by atoms with Crippen molar-refractivity contribution in [2.24, 2.45) is 10.9 Å². The molecule has 0 aromatic heterocycles. The topological polar surface area (TPSA) is 67.9 Å². The normalized spacial score (nSPS) is 17.0. The predicted molar refractivity (Wildman–Crippen MR) is 49.5 cm³/mol. The fourth-order valence-electron chi connectivity index (χ4n) is 1.29. The molecule has 1 heterocycles. The highest BCUT2D eigenvalue weighted by atomic mass is 16.6. The van der Waals surface area contributed by atoms with Gasteiger partial charge in [-0.3, -0.25) is 0 Å². The molecule has 5 heteroatoms. The predicted octanol–water partition coefficient (Wildman–Crippen LogP) is 0.553. The van der Waals surface area contributed by atoms with Crippen molar-refractivity contribution in [3.8, 4) is 0 Å². The Morgan fingerprint density at radius 2 is 2.23 bits per heavy atom. The summed E-state index contributed by atoms with van der Waals surface area (Å²) in [7, 11) is 0. The zero-order valence-corrected chi connectivity index (χ0v) is 7.82. The molecule has 0 aliphatic carbocycles. The first-order valence-electron chi connectivity index (χ1n) is 4.45. The van der Waals surface area contributed by atoms with Crippen LogP contribution < -0.4 is 5.84 Å². The quantitative estimate of drug-likeness (QED) is 0.479. The van der Waals surface area contributed by atoms with Crippen LogP contribution in [0.15, 0.2) is 5.10 Å². The molecule has 1 saturated heterocycles. The summed E-state index contributed by atoms with van der Waals surface area (Å²) in [5.41, 5.74) is 0.973. The molecule has 2 N–H and O–H groups in total. The Bertz CT molecular complexity index is 205. The number of carbonyl (C=O) groups excluding carboxylic acids is 1. The van der Waals surface area contributed by atoms with E-state index in [1.54, 1.807) is 11.8 Å². The lowest BCUT2D eigenvalue weighted by atomic mass is 10.1. The van der Waals surface area contributed by atoms with Crippen LogP contribution in [0, 0.1) is 0 Å². The van der Waals surface area contributed by atoms with Gasteiger partial charge < -0.3 is 15.5 Å². The van der Waals surface area contributed by atoms with Crippen molar-refractivity contribution in [3.05, 3.63) is 0 Å². The largest absolute Gasteiger partial charge is 0.450 e. The molecule has 1 amide bonds. The van der Waals surface area contributed by atoms with Gasteiger partial charge in [-0.15, -0.1) is 0 Å². The molecule has 1 rings (SSSR count). The van der Waals surface area contributed by atoms with E-state index in [0.29, 0.717) is 19.7 Å². The summed E-state index contributed by atoms with van der Waals surface area (Å²) in [5, 5.41) is 3.63. The van der Waals surface area contributed by atoms with Crippen LogP contribution in [0.3, 0.4) is 0 Å². The Labute approximate surface area is 77.5 Å². The fourth-order valence-corrected chi connectivity index (χ4v) is 1.29. The summed E-state index contributed by atoms with van der Waals surface area (Å²) >= 11 is 0. The second kappa shape index (κ2) is 4.69. The molecule has 1 aliphatic rings. The van der Waals surface area contributed by atoms with Crippen LogP contribution in [0.5, 0.6) is 0 Å². The average Bonchev–Trinajstić information content (AvgIpc) is 2.18. The smallest absolute Gasteiger partial charge is 0.409 e. The van der Waals surface area contributed by atoms with Crippen molar-refractivity contribution in [2.75, 3.05) is 19.7 Å². The number of nitrogens with zero attached hydrogens (tertiary/aromatic N) is 2. The van der Waals surface area contributed by atoms with Gasteiger partial charge in [0.15, 0.2) is 0 Å². The summed E-state index contributed by atoms with van der Waals surface area (Å²) in [6, 6.07) is 0. The lowest BCUT2D eigenvalue weighted by Crippen LogP contribution is -2.39. The summed E-state index contributed by atoms with van der Waals surface area (Å²) < 4.78 is 4.87. The first kappa shape index (κ1) is 9.83. The summed E-state index contributed by atoms with van der Waals surface area (Å²) in [5.74, 6) is 5.14. The molecule has 0 aromatic rings. The number of ether oxygens (including phenoxy) is 1. The van der Waals surface area contributed by atoms with Gasteiger partial charge >= 0.3 is 6.09 Å². The zero-order valence-electron chi connectivity index (χ0n) is 7.82. The van der Waals surface area contributed by atoms with Gasteiger partial charge in [0.25, 0.3) is 0 Å². The Balaban J connectivity index is 2.36. The van der Waals surface area contributed by atoms with E-state index in [9.17, 15) is 4.79 Å². The fraction of sp³-hybridized carbons (Fsp3) is 0.750. The van der Waals surface area contributed by atoms with E-state index in [1.165, 1.54) is 0 Å². The molecule has 0 saturated carbocycles. The minimum absolute atomic E-state index is 0.237. The second-order valence-corrected chi connectivity index (χ2v) is 2.88. The molecule has 1 aliphatic heterocycles. The number of likely N-dealkylation sites (tertiary alicyclic amines) is 1. The number of carbonyl (C=O) groups is 1. The van der Waals surface area contributed by atoms with Gasteiger partial charge in [0.2, 0.25) is 0 Å². The number of rotatable bonds is 1. The zero-order chi connectivity index (χ0) is 9.68. The van der Waals surface area contributed by atoms with Crippen LogP contribution in [0.25, 0.3) is 0 Å². The highest BCUT2D eigenvalue weighted by molar-refractivity contribution is 5.86. The molecule has 0 radical (unpaired) electrons. The molecule has 5 nitrogen and oxygen atoms in total. The molecule has 74 valence electrons. The maximum Gasteiger partial charge on any atom is 0.409 e. The van der Waals surface area contributed by atoms with Crippen LogP contribution >= 0.6 is 0 Å². The maximum absolute atomic E-state index is 11.2. The van der Waals surface area contributed by atoms with Gasteiger partial charge in [-0.25, -0.2) is 4.79 Å². The van der Waals surface area contributed by atoms with Crippen molar-refractivity contribution in [3.63, 3.8) is 0 Å². The lowest BCUT2D eigenvalue weighted by Gasteiger charge is -2.26. The number of piperidine rings is 1. The minimum atomic E-state index is -0.237. The molecule has 0 atom stereocenters. The SMILES string of the molecule is CCOC(=O)N1CCC(=NN)CC1. The van der Waals surface area contributed by atoms with Crippen LogP contribution in [0.1, 0.15) is 19.8 Å². The third-order valence-electron chi connectivity index (χ3n) is 2.05. The van der Waals surface area contributed by atoms with Gasteiger partial charge in [-0.05, 0) is 6.92 Å². The van der Waals surface area contributed by atoms with Crippen LogP contribution in [0.2, 0.25) is 0 Å². The van der Waals surface area contributed by atoms with E-state index in [-0.39, 0.29) is 6.09 Å². The van der Waals surface area contributed by atoms with Crippen molar-refractivity contribution in [2.45, 2.75) is 19.8 Å². The van der Waals surface area contributed by atoms with E-state index >= 15 is 0 Å². The highest BCUT2D eigenvalue weighted by Crippen LogP contribution is 2.07. The van der Waals surface area contributed by atoms with E-state index in [2.05, 4.69) is 5.10 Å². The van der Waals surface area contributed by atoms with Crippen LogP contribution in [0.4, 0.5) is 4.79 Å². The van der Waals surface area contributed by atoms with Crippen molar-refractivity contribution >= 4 is 11.8 Å². The Morgan fingerprint density at radius 1 is 1.62 bits per heavy atom. The molecule has 0 aromatic carbocycles.